The molecule has 0 unspecified atom stereocenters. The summed E-state index contributed by atoms with van der Waals surface area (Å²) in [5.74, 6) is -2.40. The van der Waals surface area contributed by atoms with Gasteiger partial charge in [-0.25, -0.2) is 9.97 Å². The van der Waals surface area contributed by atoms with Crippen LogP contribution in [0.15, 0.2) is 6.33 Å². The maximum atomic E-state index is 13.3. The molecule has 1 aliphatic heterocycles. The molecular weight excluding hydrogens is 242 g/mol. The number of halogens is 2. The smallest absolute Gasteiger partial charge is 0.254 e. The highest BCUT2D eigenvalue weighted by atomic mass is 19.2. The Morgan fingerprint density at radius 1 is 1.50 bits per heavy atom. The average Bonchev–Trinajstić information content (AvgIpc) is 2.33. The van der Waals surface area contributed by atoms with Crippen molar-refractivity contribution in [2.24, 2.45) is 5.92 Å². The molecule has 1 aromatic heterocycles. The van der Waals surface area contributed by atoms with Crippen LogP contribution in [0.2, 0.25) is 0 Å². The third-order valence-electron chi connectivity index (χ3n) is 3.20. The molecule has 0 aromatic carbocycles. The van der Waals surface area contributed by atoms with Gasteiger partial charge in [0.1, 0.15) is 6.33 Å². The standard InChI is InChI=1S/C11H16F2N4O/c1-17-3-2-7(8(18)5-17)4-14-11-9(12)10(13)15-6-16-11/h6-8,18H,2-5H2,1H3,(H,14,15,16)/t7-,8+/m0/s1. The number of likely N-dealkylation sites (N-methyl/N-ethyl adjacent to an activating group) is 1. The number of piperidine rings is 1. The van der Waals surface area contributed by atoms with Crippen LogP contribution >= 0.6 is 0 Å². The summed E-state index contributed by atoms with van der Waals surface area (Å²) in [5, 5.41) is 12.6. The highest BCUT2D eigenvalue weighted by molar-refractivity contribution is 5.34. The number of aliphatic hydroxyl groups is 1. The number of hydrogen-bond donors (Lipinski definition) is 2. The second-order valence-corrected chi connectivity index (χ2v) is 4.59. The molecule has 1 saturated heterocycles. The molecule has 2 N–H and O–H groups in total. The van der Waals surface area contributed by atoms with E-state index in [4.69, 9.17) is 0 Å². The van der Waals surface area contributed by atoms with Crippen molar-refractivity contribution in [2.45, 2.75) is 12.5 Å². The van der Waals surface area contributed by atoms with Gasteiger partial charge in [-0.05, 0) is 20.0 Å². The summed E-state index contributed by atoms with van der Waals surface area (Å²) in [4.78, 5) is 8.78. The van der Waals surface area contributed by atoms with E-state index >= 15 is 0 Å². The normalized spacial score (nSPS) is 25.1. The monoisotopic (exact) mass is 258 g/mol. The lowest BCUT2D eigenvalue weighted by molar-refractivity contribution is 0.0379. The van der Waals surface area contributed by atoms with E-state index < -0.39 is 17.9 Å². The van der Waals surface area contributed by atoms with Crippen LogP contribution in [0.5, 0.6) is 0 Å². The summed E-state index contributed by atoms with van der Waals surface area (Å²) in [6, 6.07) is 0. The molecule has 1 fully saturated rings. The fraction of sp³-hybridized carbons (Fsp3) is 0.636. The largest absolute Gasteiger partial charge is 0.391 e. The number of rotatable bonds is 3. The molecule has 1 aliphatic rings. The van der Waals surface area contributed by atoms with Gasteiger partial charge in [-0.2, -0.15) is 8.78 Å². The minimum atomic E-state index is -1.17. The fourth-order valence-electron chi connectivity index (χ4n) is 2.08. The number of nitrogens with one attached hydrogen (secondary N) is 1. The second kappa shape index (κ2) is 5.53. The van der Waals surface area contributed by atoms with Crippen LogP contribution in [0.3, 0.4) is 0 Å². The Morgan fingerprint density at radius 3 is 3.00 bits per heavy atom. The van der Waals surface area contributed by atoms with Crippen molar-refractivity contribution >= 4 is 5.82 Å². The lowest BCUT2D eigenvalue weighted by Gasteiger charge is -2.33. The van der Waals surface area contributed by atoms with Gasteiger partial charge in [-0.15, -0.1) is 0 Å². The predicted octanol–water partition coefficient (Wildman–Crippen LogP) is 0.479. The Kier molecular flexibility index (Phi) is 4.03. The first kappa shape index (κ1) is 13.1. The molecule has 0 radical (unpaired) electrons. The van der Waals surface area contributed by atoms with E-state index in [1.165, 1.54) is 0 Å². The van der Waals surface area contributed by atoms with Crippen molar-refractivity contribution in [3.05, 3.63) is 18.1 Å². The molecule has 1 aromatic rings. The SMILES string of the molecule is CN1CC[C@@H](CNc2ncnc(F)c2F)[C@H](O)C1. The molecule has 0 spiro atoms. The van der Waals surface area contributed by atoms with Crippen LogP contribution in [-0.4, -0.2) is 52.8 Å². The molecule has 18 heavy (non-hydrogen) atoms. The highest BCUT2D eigenvalue weighted by Gasteiger charge is 2.26. The molecule has 2 atom stereocenters. The Morgan fingerprint density at radius 2 is 2.28 bits per heavy atom. The molecule has 100 valence electrons. The Balaban J connectivity index is 1.93. The third kappa shape index (κ3) is 2.91. The number of hydrogen-bond acceptors (Lipinski definition) is 5. The number of likely N-dealkylation sites (tertiary alicyclic amines) is 1. The zero-order valence-electron chi connectivity index (χ0n) is 10.1. The third-order valence-corrected chi connectivity index (χ3v) is 3.20. The van der Waals surface area contributed by atoms with Gasteiger partial charge in [0, 0.05) is 19.0 Å². The molecule has 0 amide bonds. The molecule has 5 nitrogen and oxygen atoms in total. The maximum Gasteiger partial charge on any atom is 0.254 e. The lowest BCUT2D eigenvalue weighted by Crippen LogP contribution is -2.44. The molecule has 0 bridgehead atoms. The Hall–Kier alpha value is -1.34. The minimum absolute atomic E-state index is 0.0126. The lowest BCUT2D eigenvalue weighted by atomic mass is 9.94. The maximum absolute atomic E-state index is 13.3. The topological polar surface area (TPSA) is 61.3 Å². The van der Waals surface area contributed by atoms with Crippen LogP contribution in [0.4, 0.5) is 14.6 Å². The summed E-state index contributed by atoms with van der Waals surface area (Å²) in [7, 11) is 1.94. The van der Waals surface area contributed by atoms with E-state index in [-0.39, 0.29) is 11.7 Å². The zero-order chi connectivity index (χ0) is 13.1. The highest BCUT2D eigenvalue weighted by Crippen LogP contribution is 2.18. The van der Waals surface area contributed by atoms with E-state index in [2.05, 4.69) is 15.3 Å². The van der Waals surface area contributed by atoms with Gasteiger partial charge >= 0.3 is 0 Å². The van der Waals surface area contributed by atoms with Crippen molar-refractivity contribution in [3.8, 4) is 0 Å². The predicted molar refractivity (Wildman–Crippen MR) is 62.0 cm³/mol. The molecular formula is C11H16F2N4O. The van der Waals surface area contributed by atoms with Gasteiger partial charge in [0.2, 0.25) is 5.82 Å². The minimum Gasteiger partial charge on any atom is -0.391 e. The summed E-state index contributed by atoms with van der Waals surface area (Å²) < 4.78 is 26.1. The number of aromatic nitrogens is 2. The van der Waals surface area contributed by atoms with Crippen molar-refractivity contribution in [1.82, 2.24) is 14.9 Å². The van der Waals surface area contributed by atoms with E-state index in [1.807, 2.05) is 11.9 Å². The van der Waals surface area contributed by atoms with E-state index in [0.717, 1.165) is 19.3 Å². The zero-order valence-corrected chi connectivity index (χ0v) is 10.1. The first-order valence-corrected chi connectivity index (χ1v) is 5.84. The average molecular weight is 258 g/mol. The molecule has 0 aliphatic carbocycles. The number of nitrogens with zero attached hydrogens (tertiary/aromatic N) is 3. The van der Waals surface area contributed by atoms with Crippen molar-refractivity contribution < 1.29 is 13.9 Å². The van der Waals surface area contributed by atoms with Gasteiger partial charge in [0.15, 0.2) is 5.82 Å². The van der Waals surface area contributed by atoms with E-state index in [0.29, 0.717) is 13.1 Å². The molecule has 0 saturated carbocycles. The molecule has 2 heterocycles. The summed E-state index contributed by atoms with van der Waals surface area (Å²) in [6.45, 7) is 1.83. The summed E-state index contributed by atoms with van der Waals surface area (Å²) in [5.41, 5.74) is 0. The Bertz CT molecular complexity index is 418. The van der Waals surface area contributed by atoms with Crippen LogP contribution in [0.25, 0.3) is 0 Å². The van der Waals surface area contributed by atoms with Gasteiger partial charge in [0.05, 0.1) is 6.10 Å². The van der Waals surface area contributed by atoms with Crippen LogP contribution in [0.1, 0.15) is 6.42 Å². The van der Waals surface area contributed by atoms with E-state index in [9.17, 15) is 13.9 Å². The number of aliphatic hydroxyl groups excluding tert-OH is 1. The van der Waals surface area contributed by atoms with Crippen molar-refractivity contribution in [3.63, 3.8) is 0 Å². The number of β-amino-alcohol motifs (C(OH)–C–C–N with tert-alkyl or cyclic N) is 1. The summed E-state index contributed by atoms with van der Waals surface area (Å²) in [6.07, 6.45) is 1.30. The van der Waals surface area contributed by atoms with Gasteiger partial charge in [0.25, 0.3) is 5.95 Å². The fourth-order valence-corrected chi connectivity index (χ4v) is 2.08. The van der Waals surface area contributed by atoms with Gasteiger partial charge in [-0.3, -0.25) is 0 Å². The first-order chi connectivity index (χ1) is 8.58. The quantitative estimate of drug-likeness (QED) is 0.772. The second-order valence-electron chi connectivity index (χ2n) is 4.59. The van der Waals surface area contributed by atoms with Crippen molar-refractivity contribution in [2.75, 3.05) is 32.0 Å². The van der Waals surface area contributed by atoms with Crippen LogP contribution in [0, 0.1) is 17.7 Å². The number of anilines is 1. The molecule has 7 heteroatoms. The first-order valence-electron chi connectivity index (χ1n) is 5.84. The van der Waals surface area contributed by atoms with Gasteiger partial charge < -0.3 is 15.3 Å². The van der Waals surface area contributed by atoms with Gasteiger partial charge in [-0.1, -0.05) is 0 Å². The molecule has 2 rings (SSSR count). The van der Waals surface area contributed by atoms with Crippen LogP contribution in [-0.2, 0) is 0 Å². The van der Waals surface area contributed by atoms with Crippen molar-refractivity contribution in [1.29, 1.82) is 0 Å². The Labute approximate surface area is 104 Å². The van der Waals surface area contributed by atoms with Crippen LogP contribution < -0.4 is 5.32 Å². The van der Waals surface area contributed by atoms with E-state index in [1.54, 1.807) is 0 Å². The summed E-state index contributed by atoms with van der Waals surface area (Å²) >= 11 is 0.